The number of rotatable bonds is 5. The first-order valence-electron chi connectivity index (χ1n) is 9.17. The number of likely N-dealkylation sites (tertiary alicyclic amines) is 1. The minimum absolute atomic E-state index is 0.0431. The molecule has 3 rings (SSSR count). The fraction of sp³-hybridized carbons (Fsp3) is 0.579. The molecule has 1 saturated carbocycles. The van der Waals surface area contributed by atoms with Gasteiger partial charge in [-0.05, 0) is 18.9 Å². The van der Waals surface area contributed by atoms with Crippen LogP contribution in [0.25, 0.3) is 0 Å². The number of halogens is 2. The molecule has 5 nitrogen and oxygen atoms in total. The van der Waals surface area contributed by atoms with E-state index in [9.17, 15) is 14.0 Å². The first-order valence-corrected chi connectivity index (χ1v) is 9.55. The fourth-order valence-corrected chi connectivity index (χ4v) is 4.15. The summed E-state index contributed by atoms with van der Waals surface area (Å²) >= 11 is 5.75. The summed E-state index contributed by atoms with van der Waals surface area (Å²) in [6, 6.07) is 4.82. The van der Waals surface area contributed by atoms with E-state index in [0.717, 1.165) is 19.4 Å². The number of hydrogen-bond donors (Lipinski definition) is 1. The Kier molecular flexibility index (Phi) is 6.01. The van der Waals surface area contributed by atoms with Crippen molar-refractivity contribution in [2.75, 3.05) is 20.1 Å². The van der Waals surface area contributed by atoms with Gasteiger partial charge in [0, 0.05) is 50.6 Å². The highest BCUT2D eigenvalue weighted by Gasteiger charge is 2.36. The third kappa shape index (κ3) is 4.29. The van der Waals surface area contributed by atoms with Gasteiger partial charge in [0.15, 0.2) is 0 Å². The number of carbonyl (C=O) groups excluding carboxylic acids is 2. The number of nitrogens with one attached hydrogen (secondary N) is 1. The molecule has 1 aromatic carbocycles. The standard InChI is InChI=1S/C19H25ClFN3O2/c1-23(19(26)22-10-14-5-4-8-16(20)18(14)21)11-13-9-17(25)24(12-13)15-6-2-3-7-15/h4-5,8,13,15H,2-3,6-7,9-12H2,1H3,(H,22,26)/t13-/m1/s1. The van der Waals surface area contributed by atoms with Crippen LogP contribution >= 0.6 is 11.6 Å². The van der Waals surface area contributed by atoms with Crippen molar-refractivity contribution in [2.45, 2.75) is 44.7 Å². The van der Waals surface area contributed by atoms with Gasteiger partial charge >= 0.3 is 6.03 Å². The molecule has 1 atom stereocenters. The zero-order chi connectivity index (χ0) is 18.7. The van der Waals surface area contributed by atoms with E-state index in [2.05, 4.69) is 5.32 Å². The van der Waals surface area contributed by atoms with Crippen LogP contribution in [0, 0.1) is 11.7 Å². The number of urea groups is 1. The topological polar surface area (TPSA) is 52.7 Å². The SMILES string of the molecule is CN(C[C@H]1CC(=O)N(C2CCCC2)C1)C(=O)NCc1cccc(Cl)c1F. The van der Waals surface area contributed by atoms with Gasteiger partial charge in [-0.2, -0.15) is 0 Å². The van der Waals surface area contributed by atoms with Crippen LogP contribution in [0.3, 0.4) is 0 Å². The summed E-state index contributed by atoms with van der Waals surface area (Å²) in [5.41, 5.74) is 0.350. The molecule has 1 saturated heterocycles. The Balaban J connectivity index is 1.48. The Hall–Kier alpha value is -1.82. The molecule has 0 bridgehead atoms. The molecule has 2 fully saturated rings. The number of amides is 3. The monoisotopic (exact) mass is 381 g/mol. The van der Waals surface area contributed by atoms with Crippen molar-refractivity contribution < 1.29 is 14.0 Å². The van der Waals surface area contributed by atoms with E-state index >= 15 is 0 Å². The van der Waals surface area contributed by atoms with Crippen LogP contribution in [-0.2, 0) is 11.3 Å². The largest absolute Gasteiger partial charge is 0.339 e. The quantitative estimate of drug-likeness (QED) is 0.849. The lowest BCUT2D eigenvalue weighted by molar-refractivity contribution is -0.129. The molecule has 1 aliphatic carbocycles. The predicted molar refractivity (Wildman–Crippen MR) is 98.4 cm³/mol. The van der Waals surface area contributed by atoms with Crippen LogP contribution in [0.4, 0.5) is 9.18 Å². The van der Waals surface area contributed by atoms with E-state index in [1.54, 1.807) is 24.1 Å². The van der Waals surface area contributed by atoms with Crippen molar-refractivity contribution >= 4 is 23.5 Å². The highest BCUT2D eigenvalue weighted by molar-refractivity contribution is 6.30. The average molecular weight is 382 g/mol. The van der Waals surface area contributed by atoms with Crippen LogP contribution in [0.2, 0.25) is 5.02 Å². The summed E-state index contributed by atoms with van der Waals surface area (Å²) in [6.45, 7) is 1.32. The highest BCUT2D eigenvalue weighted by Crippen LogP contribution is 2.29. The highest BCUT2D eigenvalue weighted by atomic mass is 35.5. The molecular weight excluding hydrogens is 357 g/mol. The van der Waals surface area contributed by atoms with Crippen LogP contribution < -0.4 is 5.32 Å². The average Bonchev–Trinajstić information content (AvgIpc) is 3.25. The van der Waals surface area contributed by atoms with E-state index in [0.29, 0.717) is 24.6 Å². The van der Waals surface area contributed by atoms with Crippen LogP contribution in [0.15, 0.2) is 18.2 Å². The van der Waals surface area contributed by atoms with E-state index in [-0.39, 0.29) is 29.4 Å². The van der Waals surface area contributed by atoms with Gasteiger partial charge in [0.05, 0.1) is 5.02 Å². The van der Waals surface area contributed by atoms with Gasteiger partial charge in [0.25, 0.3) is 0 Å². The Morgan fingerprint density at radius 2 is 2.12 bits per heavy atom. The van der Waals surface area contributed by atoms with E-state index in [1.807, 2.05) is 4.90 Å². The zero-order valence-electron chi connectivity index (χ0n) is 15.0. The number of carbonyl (C=O) groups is 2. The van der Waals surface area contributed by atoms with Crippen molar-refractivity contribution in [3.8, 4) is 0 Å². The molecule has 0 aromatic heterocycles. The molecule has 0 spiro atoms. The number of hydrogen-bond acceptors (Lipinski definition) is 2. The third-order valence-corrected chi connectivity index (χ3v) is 5.64. The molecular formula is C19H25ClFN3O2. The molecule has 7 heteroatoms. The Morgan fingerprint density at radius 1 is 1.38 bits per heavy atom. The van der Waals surface area contributed by atoms with E-state index in [1.165, 1.54) is 18.9 Å². The smallest absolute Gasteiger partial charge is 0.317 e. The second-order valence-electron chi connectivity index (χ2n) is 7.31. The van der Waals surface area contributed by atoms with Gasteiger partial charge in [0.1, 0.15) is 5.82 Å². The zero-order valence-corrected chi connectivity index (χ0v) is 15.8. The maximum atomic E-state index is 13.9. The summed E-state index contributed by atoms with van der Waals surface area (Å²) in [5, 5.41) is 2.75. The fourth-order valence-electron chi connectivity index (χ4n) is 3.96. The lowest BCUT2D eigenvalue weighted by Crippen LogP contribution is -2.40. The van der Waals surface area contributed by atoms with Crippen LogP contribution in [-0.4, -0.2) is 47.9 Å². The van der Waals surface area contributed by atoms with Gasteiger partial charge in [0.2, 0.25) is 5.91 Å². The molecule has 1 N–H and O–H groups in total. The summed E-state index contributed by atoms with van der Waals surface area (Å²) in [4.78, 5) is 28.1. The minimum Gasteiger partial charge on any atom is -0.339 e. The lowest BCUT2D eigenvalue weighted by Gasteiger charge is -2.25. The number of benzene rings is 1. The van der Waals surface area contributed by atoms with Crippen molar-refractivity contribution in [2.24, 2.45) is 5.92 Å². The molecule has 1 aromatic rings. The van der Waals surface area contributed by atoms with Crippen LogP contribution in [0.1, 0.15) is 37.7 Å². The van der Waals surface area contributed by atoms with Gasteiger partial charge < -0.3 is 15.1 Å². The van der Waals surface area contributed by atoms with Crippen molar-refractivity contribution in [1.82, 2.24) is 15.1 Å². The van der Waals surface area contributed by atoms with E-state index < -0.39 is 5.82 Å². The van der Waals surface area contributed by atoms with Gasteiger partial charge in [-0.3, -0.25) is 4.79 Å². The second kappa shape index (κ2) is 8.25. The summed E-state index contributed by atoms with van der Waals surface area (Å²) in [7, 11) is 1.70. The number of nitrogens with zero attached hydrogens (tertiary/aromatic N) is 2. The lowest BCUT2D eigenvalue weighted by atomic mass is 10.1. The minimum atomic E-state index is -0.509. The van der Waals surface area contributed by atoms with Crippen molar-refractivity contribution in [3.05, 3.63) is 34.6 Å². The predicted octanol–water partition coefficient (Wildman–Crippen LogP) is 3.41. The first-order chi connectivity index (χ1) is 12.5. The second-order valence-corrected chi connectivity index (χ2v) is 7.71. The Labute approximate surface area is 158 Å². The molecule has 2 aliphatic rings. The molecule has 142 valence electrons. The molecule has 3 amide bonds. The van der Waals surface area contributed by atoms with Gasteiger partial charge in [-0.15, -0.1) is 0 Å². The third-order valence-electron chi connectivity index (χ3n) is 5.34. The maximum absolute atomic E-state index is 13.9. The Bertz CT molecular complexity index is 679. The molecule has 1 aliphatic heterocycles. The Morgan fingerprint density at radius 3 is 2.85 bits per heavy atom. The summed E-state index contributed by atoms with van der Waals surface area (Å²) in [6.07, 6.45) is 5.08. The normalized spacial score (nSPS) is 20.7. The van der Waals surface area contributed by atoms with Crippen LogP contribution in [0.5, 0.6) is 0 Å². The first kappa shape index (κ1) is 19.0. The summed E-state index contributed by atoms with van der Waals surface area (Å²) < 4.78 is 13.9. The molecule has 0 radical (unpaired) electrons. The molecule has 1 heterocycles. The molecule has 0 unspecified atom stereocenters. The summed E-state index contributed by atoms with van der Waals surface area (Å²) in [5.74, 6) is -0.149. The maximum Gasteiger partial charge on any atom is 0.317 e. The van der Waals surface area contributed by atoms with Crippen molar-refractivity contribution in [1.29, 1.82) is 0 Å². The van der Waals surface area contributed by atoms with E-state index in [4.69, 9.17) is 11.6 Å². The molecule has 26 heavy (non-hydrogen) atoms. The van der Waals surface area contributed by atoms with Gasteiger partial charge in [-0.1, -0.05) is 36.6 Å². The van der Waals surface area contributed by atoms with Crippen molar-refractivity contribution in [3.63, 3.8) is 0 Å². The van der Waals surface area contributed by atoms with Gasteiger partial charge in [-0.25, -0.2) is 9.18 Å².